The Morgan fingerprint density at radius 1 is 1.55 bits per heavy atom. The summed E-state index contributed by atoms with van der Waals surface area (Å²) in [5.74, 6) is 0.352. The van der Waals surface area contributed by atoms with Crippen LogP contribution in [0.5, 0.6) is 0 Å². The van der Waals surface area contributed by atoms with Gasteiger partial charge >= 0.3 is 0 Å². The molecule has 20 heavy (non-hydrogen) atoms. The molecule has 0 aromatic carbocycles. The SMILES string of the molecule is Cc1[nH]nc(S(=O)(=O)NCC2CCCN(C)C2)c1CN. The summed E-state index contributed by atoms with van der Waals surface area (Å²) >= 11 is 0. The van der Waals surface area contributed by atoms with Crippen molar-refractivity contribution in [2.24, 2.45) is 11.7 Å². The number of nitrogens with one attached hydrogen (secondary N) is 2. The molecule has 2 rings (SSSR count). The van der Waals surface area contributed by atoms with Crippen LogP contribution in [0.25, 0.3) is 0 Å². The molecular weight excluding hydrogens is 278 g/mol. The standard InChI is InChI=1S/C12H23N5O2S/c1-9-11(6-13)12(16-15-9)20(18,19)14-7-10-4-3-5-17(2)8-10/h10,14H,3-8,13H2,1-2H3,(H,15,16). The first-order valence-electron chi connectivity index (χ1n) is 6.86. The minimum absolute atomic E-state index is 0.0293. The van der Waals surface area contributed by atoms with Crippen molar-refractivity contribution < 1.29 is 8.42 Å². The van der Waals surface area contributed by atoms with E-state index in [1.165, 1.54) is 0 Å². The molecule has 1 unspecified atom stereocenters. The molecule has 0 saturated carbocycles. The molecule has 7 nitrogen and oxygen atoms in total. The average molecular weight is 301 g/mol. The number of nitrogens with two attached hydrogens (primary N) is 1. The fraction of sp³-hybridized carbons (Fsp3) is 0.750. The number of rotatable bonds is 5. The number of hydrogen-bond donors (Lipinski definition) is 3. The maximum atomic E-state index is 12.3. The van der Waals surface area contributed by atoms with Gasteiger partial charge in [-0.2, -0.15) is 5.10 Å². The molecule has 2 heterocycles. The van der Waals surface area contributed by atoms with Crippen LogP contribution in [0.3, 0.4) is 0 Å². The summed E-state index contributed by atoms with van der Waals surface area (Å²) in [5, 5.41) is 6.58. The number of piperidine rings is 1. The first-order valence-corrected chi connectivity index (χ1v) is 8.34. The number of H-pyrrole nitrogens is 1. The smallest absolute Gasteiger partial charge is 0.260 e. The Labute approximate surface area is 120 Å². The highest BCUT2D eigenvalue weighted by molar-refractivity contribution is 7.89. The molecule has 1 aromatic rings. The van der Waals surface area contributed by atoms with Gasteiger partial charge in [-0.05, 0) is 39.3 Å². The van der Waals surface area contributed by atoms with Crippen LogP contribution in [0.1, 0.15) is 24.1 Å². The third kappa shape index (κ3) is 3.38. The normalized spacial score (nSPS) is 21.2. The molecule has 1 aliphatic heterocycles. The van der Waals surface area contributed by atoms with Gasteiger partial charge in [-0.3, -0.25) is 5.10 Å². The maximum Gasteiger partial charge on any atom is 0.260 e. The summed E-state index contributed by atoms with van der Waals surface area (Å²) in [6.45, 7) is 4.38. The minimum atomic E-state index is -3.59. The van der Waals surface area contributed by atoms with Crippen molar-refractivity contribution in [2.75, 3.05) is 26.7 Å². The molecule has 0 amide bonds. The molecule has 1 aromatic heterocycles. The van der Waals surface area contributed by atoms with E-state index in [4.69, 9.17) is 5.73 Å². The Balaban J connectivity index is 2.04. The Hall–Kier alpha value is -0.960. The predicted molar refractivity (Wildman–Crippen MR) is 76.6 cm³/mol. The second-order valence-electron chi connectivity index (χ2n) is 5.46. The number of sulfonamides is 1. The van der Waals surface area contributed by atoms with Crippen LogP contribution in [0.4, 0.5) is 0 Å². The summed E-state index contributed by atoms with van der Waals surface area (Å²) in [5.41, 5.74) is 6.84. The minimum Gasteiger partial charge on any atom is -0.326 e. The van der Waals surface area contributed by atoms with Crippen LogP contribution in [-0.4, -0.2) is 50.2 Å². The first-order chi connectivity index (χ1) is 9.44. The lowest BCUT2D eigenvalue weighted by atomic mass is 9.99. The van der Waals surface area contributed by atoms with E-state index in [1.807, 2.05) is 0 Å². The van der Waals surface area contributed by atoms with Crippen molar-refractivity contribution in [3.63, 3.8) is 0 Å². The number of aromatic nitrogens is 2. The summed E-state index contributed by atoms with van der Waals surface area (Å²) in [6, 6.07) is 0. The van der Waals surface area contributed by atoms with Gasteiger partial charge in [0, 0.05) is 30.9 Å². The van der Waals surface area contributed by atoms with E-state index in [9.17, 15) is 8.42 Å². The molecule has 1 atom stereocenters. The topological polar surface area (TPSA) is 104 Å². The third-order valence-electron chi connectivity index (χ3n) is 3.78. The first kappa shape index (κ1) is 15.4. The molecule has 0 aliphatic carbocycles. The Bertz CT molecular complexity index is 554. The molecule has 1 saturated heterocycles. The van der Waals surface area contributed by atoms with Gasteiger partial charge < -0.3 is 10.6 Å². The van der Waals surface area contributed by atoms with Crippen molar-refractivity contribution in [3.8, 4) is 0 Å². The molecule has 0 radical (unpaired) electrons. The van der Waals surface area contributed by atoms with Crippen LogP contribution >= 0.6 is 0 Å². The third-order valence-corrected chi connectivity index (χ3v) is 5.17. The van der Waals surface area contributed by atoms with Crippen molar-refractivity contribution in [2.45, 2.75) is 31.3 Å². The quantitative estimate of drug-likeness (QED) is 0.698. The van der Waals surface area contributed by atoms with Crippen molar-refractivity contribution in [1.29, 1.82) is 0 Å². The lowest BCUT2D eigenvalue weighted by Crippen LogP contribution is -2.39. The van der Waals surface area contributed by atoms with Crippen LogP contribution < -0.4 is 10.5 Å². The van der Waals surface area contributed by atoms with Crippen molar-refractivity contribution in [1.82, 2.24) is 19.8 Å². The fourth-order valence-electron chi connectivity index (χ4n) is 2.63. The molecule has 4 N–H and O–H groups in total. The summed E-state index contributed by atoms with van der Waals surface area (Å²) in [4.78, 5) is 2.23. The lowest BCUT2D eigenvalue weighted by molar-refractivity contribution is 0.211. The molecule has 0 bridgehead atoms. The monoisotopic (exact) mass is 301 g/mol. The van der Waals surface area contributed by atoms with E-state index in [2.05, 4.69) is 26.9 Å². The summed E-state index contributed by atoms with van der Waals surface area (Å²) in [7, 11) is -1.53. The van der Waals surface area contributed by atoms with Gasteiger partial charge in [0.2, 0.25) is 0 Å². The second-order valence-corrected chi connectivity index (χ2v) is 7.14. The highest BCUT2D eigenvalue weighted by atomic mass is 32.2. The van der Waals surface area contributed by atoms with E-state index in [1.54, 1.807) is 6.92 Å². The molecule has 1 fully saturated rings. The number of likely N-dealkylation sites (tertiary alicyclic amines) is 1. The highest BCUT2D eigenvalue weighted by Crippen LogP contribution is 2.17. The highest BCUT2D eigenvalue weighted by Gasteiger charge is 2.25. The molecule has 1 aliphatic rings. The van der Waals surface area contributed by atoms with Crippen molar-refractivity contribution >= 4 is 10.0 Å². The summed E-state index contributed by atoms with van der Waals surface area (Å²) in [6.07, 6.45) is 2.16. The Morgan fingerprint density at radius 3 is 2.95 bits per heavy atom. The van der Waals surface area contributed by atoms with E-state index in [0.717, 1.165) is 25.9 Å². The van der Waals surface area contributed by atoms with Crippen molar-refractivity contribution in [3.05, 3.63) is 11.3 Å². The predicted octanol–water partition coefficient (Wildman–Crippen LogP) is -0.203. The van der Waals surface area contributed by atoms with Gasteiger partial charge in [0.05, 0.1) is 0 Å². The van der Waals surface area contributed by atoms with Gasteiger partial charge in [-0.1, -0.05) is 0 Å². The van der Waals surface area contributed by atoms with Gasteiger partial charge in [-0.15, -0.1) is 0 Å². The Kier molecular flexibility index (Phi) is 4.79. The largest absolute Gasteiger partial charge is 0.326 e. The molecule has 8 heteroatoms. The van der Waals surface area contributed by atoms with Crippen LogP contribution in [0.15, 0.2) is 5.03 Å². The Morgan fingerprint density at radius 2 is 2.30 bits per heavy atom. The zero-order valence-electron chi connectivity index (χ0n) is 12.0. The van der Waals surface area contributed by atoms with Crippen LogP contribution in [0.2, 0.25) is 0 Å². The molecule has 0 spiro atoms. The zero-order valence-corrected chi connectivity index (χ0v) is 12.8. The number of aromatic amines is 1. The van der Waals surface area contributed by atoms with E-state index >= 15 is 0 Å². The zero-order chi connectivity index (χ0) is 14.8. The van der Waals surface area contributed by atoms with Crippen LogP contribution in [0, 0.1) is 12.8 Å². The maximum absolute atomic E-state index is 12.3. The number of hydrogen-bond acceptors (Lipinski definition) is 5. The van der Waals surface area contributed by atoms with E-state index < -0.39 is 10.0 Å². The van der Waals surface area contributed by atoms with Gasteiger partial charge in [0.15, 0.2) is 5.03 Å². The van der Waals surface area contributed by atoms with Gasteiger partial charge in [0.25, 0.3) is 10.0 Å². The van der Waals surface area contributed by atoms with Gasteiger partial charge in [0.1, 0.15) is 0 Å². The average Bonchev–Trinajstić information content (AvgIpc) is 2.78. The molecular formula is C12H23N5O2S. The van der Waals surface area contributed by atoms with Crippen LogP contribution in [-0.2, 0) is 16.6 Å². The number of nitrogens with zero attached hydrogens (tertiary/aromatic N) is 2. The number of aryl methyl sites for hydroxylation is 1. The van der Waals surface area contributed by atoms with E-state index in [-0.39, 0.29) is 11.6 Å². The van der Waals surface area contributed by atoms with Gasteiger partial charge in [-0.25, -0.2) is 13.1 Å². The second kappa shape index (κ2) is 6.21. The summed E-state index contributed by atoms with van der Waals surface area (Å²) < 4.78 is 27.2. The van der Waals surface area contributed by atoms with E-state index in [0.29, 0.717) is 23.7 Å². The molecule has 114 valence electrons. The fourth-order valence-corrected chi connectivity index (χ4v) is 3.95. The lowest BCUT2D eigenvalue weighted by Gasteiger charge is -2.29.